The second kappa shape index (κ2) is 3.92. The summed E-state index contributed by atoms with van der Waals surface area (Å²) in [5, 5.41) is 10.8. The van der Waals surface area contributed by atoms with Gasteiger partial charge in [-0.15, -0.1) is 0 Å². The Bertz CT molecular complexity index is 326. The zero-order valence-electron chi connectivity index (χ0n) is 9.13. The third-order valence-corrected chi connectivity index (χ3v) is 2.83. The van der Waals surface area contributed by atoms with Crippen molar-refractivity contribution in [2.24, 2.45) is 5.41 Å². The van der Waals surface area contributed by atoms with Crippen molar-refractivity contribution >= 4 is 11.6 Å². The van der Waals surface area contributed by atoms with Gasteiger partial charge >= 0.3 is 0 Å². The fraction of sp³-hybridized carbons (Fsp3) is 0.500. The summed E-state index contributed by atoms with van der Waals surface area (Å²) in [6.45, 7) is 7.97. The van der Waals surface area contributed by atoms with Crippen LogP contribution in [0.15, 0.2) is 18.2 Å². The third kappa shape index (κ3) is 2.28. The van der Waals surface area contributed by atoms with E-state index in [0.717, 1.165) is 11.1 Å². The van der Waals surface area contributed by atoms with Gasteiger partial charge in [0.15, 0.2) is 0 Å². The van der Waals surface area contributed by atoms with E-state index < -0.39 is 6.10 Å². The summed E-state index contributed by atoms with van der Waals surface area (Å²) in [7, 11) is 0. The van der Waals surface area contributed by atoms with Crippen LogP contribution in [0.5, 0.6) is 0 Å². The molecule has 0 aliphatic rings. The Labute approximate surface area is 90.7 Å². The maximum atomic E-state index is 10.1. The molecule has 0 saturated carbocycles. The van der Waals surface area contributed by atoms with Crippen LogP contribution in [0.2, 0.25) is 5.02 Å². The molecule has 78 valence electrons. The summed E-state index contributed by atoms with van der Waals surface area (Å²) >= 11 is 6.00. The number of benzene rings is 1. The third-order valence-electron chi connectivity index (χ3n) is 2.42. The normalized spacial score (nSPS) is 14.1. The molecular formula is C12H17ClO. The Morgan fingerprint density at radius 2 is 1.86 bits per heavy atom. The summed E-state index contributed by atoms with van der Waals surface area (Å²) in [5.41, 5.74) is 1.73. The van der Waals surface area contributed by atoms with Crippen LogP contribution in [-0.2, 0) is 0 Å². The molecule has 1 nitrogen and oxygen atoms in total. The van der Waals surface area contributed by atoms with Gasteiger partial charge in [-0.1, -0.05) is 44.5 Å². The lowest BCUT2D eigenvalue weighted by atomic mass is 9.83. The van der Waals surface area contributed by atoms with Crippen LogP contribution in [0.1, 0.15) is 38.0 Å². The number of aliphatic hydroxyl groups excluding tert-OH is 1. The SMILES string of the molecule is Cc1c(Cl)cccc1C(O)C(C)(C)C. The van der Waals surface area contributed by atoms with Crippen molar-refractivity contribution in [1.29, 1.82) is 0 Å². The molecule has 0 aromatic heterocycles. The van der Waals surface area contributed by atoms with E-state index >= 15 is 0 Å². The summed E-state index contributed by atoms with van der Waals surface area (Å²) in [5.74, 6) is 0. The minimum atomic E-state index is -0.471. The largest absolute Gasteiger partial charge is 0.388 e. The molecule has 0 saturated heterocycles. The van der Waals surface area contributed by atoms with E-state index in [1.165, 1.54) is 0 Å². The highest BCUT2D eigenvalue weighted by molar-refractivity contribution is 6.31. The number of hydrogen-bond donors (Lipinski definition) is 1. The average molecular weight is 213 g/mol. The topological polar surface area (TPSA) is 20.2 Å². The maximum absolute atomic E-state index is 10.1. The maximum Gasteiger partial charge on any atom is 0.0841 e. The Balaban J connectivity index is 3.14. The van der Waals surface area contributed by atoms with Crippen LogP contribution >= 0.6 is 11.6 Å². The van der Waals surface area contributed by atoms with Gasteiger partial charge in [-0.05, 0) is 29.5 Å². The standard InChI is InChI=1S/C12H17ClO/c1-8-9(6-5-7-10(8)13)11(14)12(2,3)4/h5-7,11,14H,1-4H3. The first-order chi connectivity index (χ1) is 6.34. The molecule has 0 aliphatic carbocycles. The number of halogens is 1. The van der Waals surface area contributed by atoms with Crippen LogP contribution in [0, 0.1) is 12.3 Å². The van der Waals surface area contributed by atoms with Crippen molar-refractivity contribution in [2.45, 2.75) is 33.8 Å². The first kappa shape index (κ1) is 11.5. The molecule has 1 unspecified atom stereocenters. The average Bonchev–Trinajstić information content (AvgIpc) is 2.07. The molecule has 0 fully saturated rings. The number of rotatable bonds is 1. The molecule has 2 heteroatoms. The van der Waals surface area contributed by atoms with Gasteiger partial charge in [-0.25, -0.2) is 0 Å². The van der Waals surface area contributed by atoms with Crippen LogP contribution < -0.4 is 0 Å². The molecule has 0 spiro atoms. The summed E-state index contributed by atoms with van der Waals surface area (Å²) < 4.78 is 0. The monoisotopic (exact) mass is 212 g/mol. The van der Waals surface area contributed by atoms with Crippen molar-refractivity contribution in [1.82, 2.24) is 0 Å². The molecule has 1 aromatic rings. The van der Waals surface area contributed by atoms with Gasteiger partial charge in [0, 0.05) is 5.02 Å². The summed E-state index contributed by atoms with van der Waals surface area (Å²) in [6, 6.07) is 5.65. The van der Waals surface area contributed by atoms with E-state index in [-0.39, 0.29) is 5.41 Å². The zero-order valence-corrected chi connectivity index (χ0v) is 9.89. The lowest BCUT2D eigenvalue weighted by molar-refractivity contribution is 0.0621. The highest BCUT2D eigenvalue weighted by Crippen LogP contribution is 2.35. The molecule has 0 heterocycles. The van der Waals surface area contributed by atoms with Gasteiger partial charge in [0.25, 0.3) is 0 Å². The summed E-state index contributed by atoms with van der Waals surface area (Å²) in [6.07, 6.45) is -0.471. The molecule has 1 atom stereocenters. The van der Waals surface area contributed by atoms with Crippen molar-refractivity contribution in [3.63, 3.8) is 0 Å². The predicted molar refractivity (Wildman–Crippen MR) is 60.6 cm³/mol. The Kier molecular flexibility index (Phi) is 3.23. The Hall–Kier alpha value is -0.530. The van der Waals surface area contributed by atoms with E-state index in [1.54, 1.807) is 0 Å². The van der Waals surface area contributed by atoms with E-state index in [2.05, 4.69) is 0 Å². The van der Waals surface area contributed by atoms with Crippen LogP contribution in [-0.4, -0.2) is 5.11 Å². The van der Waals surface area contributed by atoms with Crippen molar-refractivity contribution in [2.75, 3.05) is 0 Å². The molecule has 0 bridgehead atoms. The van der Waals surface area contributed by atoms with Crippen LogP contribution in [0.4, 0.5) is 0 Å². The number of aliphatic hydroxyl groups is 1. The van der Waals surface area contributed by atoms with Gasteiger partial charge < -0.3 is 5.11 Å². The van der Waals surface area contributed by atoms with Gasteiger partial charge in [0.2, 0.25) is 0 Å². The Morgan fingerprint density at radius 3 is 2.36 bits per heavy atom. The van der Waals surface area contributed by atoms with E-state index in [4.69, 9.17) is 11.6 Å². The van der Waals surface area contributed by atoms with Crippen molar-refractivity contribution in [3.8, 4) is 0 Å². The quantitative estimate of drug-likeness (QED) is 0.752. The molecule has 0 amide bonds. The zero-order chi connectivity index (χ0) is 10.9. The molecular weight excluding hydrogens is 196 g/mol. The second-order valence-corrected chi connectivity index (χ2v) is 5.13. The second-order valence-electron chi connectivity index (χ2n) is 4.72. The molecule has 14 heavy (non-hydrogen) atoms. The fourth-order valence-corrected chi connectivity index (χ4v) is 1.57. The van der Waals surface area contributed by atoms with E-state index in [0.29, 0.717) is 5.02 Å². The lowest BCUT2D eigenvalue weighted by Gasteiger charge is -2.27. The minimum absolute atomic E-state index is 0.157. The Morgan fingerprint density at radius 1 is 1.29 bits per heavy atom. The first-order valence-corrected chi connectivity index (χ1v) is 5.15. The molecule has 1 N–H and O–H groups in total. The van der Waals surface area contributed by atoms with E-state index in [1.807, 2.05) is 45.9 Å². The van der Waals surface area contributed by atoms with Gasteiger partial charge in [-0.3, -0.25) is 0 Å². The fourth-order valence-electron chi connectivity index (χ4n) is 1.39. The van der Waals surface area contributed by atoms with Crippen LogP contribution in [0.25, 0.3) is 0 Å². The van der Waals surface area contributed by atoms with Crippen LogP contribution in [0.3, 0.4) is 0 Å². The highest BCUT2D eigenvalue weighted by Gasteiger charge is 2.25. The molecule has 1 aromatic carbocycles. The van der Waals surface area contributed by atoms with Gasteiger partial charge in [0.1, 0.15) is 0 Å². The lowest BCUT2D eigenvalue weighted by Crippen LogP contribution is -2.18. The van der Waals surface area contributed by atoms with Crippen molar-refractivity contribution < 1.29 is 5.11 Å². The van der Waals surface area contributed by atoms with Crippen molar-refractivity contribution in [3.05, 3.63) is 34.3 Å². The summed E-state index contributed by atoms with van der Waals surface area (Å²) in [4.78, 5) is 0. The molecule has 1 rings (SSSR count). The number of hydrogen-bond acceptors (Lipinski definition) is 1. The van der Waals surface area contributed by atoms with Gasteiger partial charge in [-0.2, -0.15) is 0 Å². The molecule has 0 radical (unpaired) electrons. The smallest absolute Gasteiger partial charge is 0.0841 e. The van der Waals surface area contributed by atoms with E-state index in [9.17, 15) is 5.11 Å². The van der Waals surface area contributed by atoms with Gasteiger partial charge in [0.05, 0.1) is 6.10 Å². The molecule has 0 aliphatic heterocycles. The minimum Gasteiger partial charge on any atom is -0.388 e. The first-order valence-electron chi connectivity index (χ1n) is 4.77. The highest BCUT2D eigenvalue weighted by atomic mass is 35.5. The predicted octanol–water partition coefficient (Wildman–Crippen LogP) is 3.73.